The summed E-state index contributed by atoms with van der Waals surface area (Å²) in [5.41, 5.74) is 0. The van der Waals surface area contributed by atoms with Gasteiger partial charge in [0.05, 0.1) is 0 Å². The van der Waals surface area contributed by atoms with Gasteiger partial charge in [0.15, 0.2) is 0 Å². The third-order valence-electron chi connectivity index (χ3n) is 0.650. The lowest BCUT2D eigenvalue weighted by atomic mass is 10.8. The molecule has 0 N–H and O–H groups in total. The molecular weight excluding hydrogens is 96.0 g/mol. The van der Waals surface area contributed by atoms with Crippen molar-refractivity contribution in [1.29, 1.82) is 0 Å². The summed E-state index contributed by atoms with van der Waals surface area (Å²) >= 11 is 0. The van der Waals surface area contributed by atoms with Gasteiger partial charge in [-0.1, -0.05) is 0 Å². The van der Waals surface area contributed by atoms with Crippen LogP contribution < -0.4 is 0 Å². The van der Waals surface area contributed by atoms with Crippen LogP contribution >= 0.6 is 0 Å². The van der Waals surface area contributed by atoms with Gasteiger partial charge in [-0.05, 0) is 0 Å². The molecule has 1 aliphatic heterocycles. The first kappa shape index (κ1) is 4.59. The summed E-state index contributed by atoms with van der Waals surface area (Å²) in [4.78, 5) is 10.1. The minimum atomic E-state index is -0.576. The Bertz CT molecular complexity index is 88.9. The Kier molecular flexibility index (Phi) is 0.982. The fourth-order valence-corrected chi connectivity index (χ4v) is 0.376. The molecule has 1 fully saturated rings. The molecule has 1 unspecified atom stereocenters. The molecule has 7 heavy (non-hydrogen) atoms. The van der Waals surface area contributed by atoms with Crippen molar-refractivity contribution in [3.63, 3.8) is 0 Å². The Morgan fingerprint density at radius 2 is 2.57 bits per heavy atom. The van der Waals surface area contributed by atoms with E-state index in [1.54, 1.807) is 0 Å². The maximum absolute atomic E-state index is 10.1. The van der Waals surface area contributed by atoms with Crippen LogP contribution in [-0.2, 0) is 14.3 Å². The Balaban J connectivity index is 2.40. The van der Waals surface area contributed by atoms with Crippen LogP contribution in [0.2, 0.25) is 0 Å². The van der Waals surface area contributed by atoms with E-state index < -0.39 is 6.29 Å². The standard InChI is InChI=1S/C4H5O3/c1-3-6-2-4(5)7-3/h3H,1-2H2. The molecular formula is C4H5O3. The van der Waals surface area contributed by atoms with Gasteiger partial charge < -0.3 is 9.47 Å². The van der Waals surface area contributed by atoms with Crippen molar-refractivity contribution in [2.24, 2.45) is 0 Å². The molecule has 1 radical (unpaired) electrons. The minimum Gasteiger partial charge on any atom is -0.434 e. The lowest BCUT2D eigenvalue weighted by Crippen LogP contribution is -2.00. The molecule has 3 heteroatoms. The van der Waals surface area contributed by atoms with Gasteiger partial charge in [-0.2, -0.15) is 0 Å². The summed E-state index contributed by atoms with van der Waals surface area (Å²) in [5.74, 6) is -0.333. The number of hydrogen-bond donors (Lipinski definition) is 0. The van der Waals surface area contributed by atoms with E-state index in [1.165, 1.54) is 0 Å². The maximum atomic E-state index is 10.1. The topological polar surface area (TPSA) is 35.5 Å². The van der Waals surface area contributed by atoms with E-state index in [4.69, 9.17) is 0 Å². The lowest BCUT2D eigenvalue weighted by molar-refractivity contribution is -0.140. The molecule has 3 nitrogen and oxygen atoms in total. The van der Waals surface area contributed by atoms with Crippen LogP contribution in [0.15, 0.2) is 0 Å². The van der Waals surface area contributed by atoms with Crippen molar-refractivity contribution in [3.8, 4) is 0 Å². The second kappa shape index (κ2) is 1.50. The normalized spacial score (nSPS) is 30.4. The highest BCUT2D eigenvalue weighted by Crippen LogP contribution is 2.01. The Morgan fingerprint density at radius 1 is 1.86 bits per heavy atom. The molecule has 1 saturated heterocycles. The first-order valence-corrected chi connectivity index (χ1v) is 1.93. The monoisotopic (exact) mass is 101 g/mol. The van der Waals surface area contributed by atoms with Gasteiger partial charge in [0.2, 0.25) is 6.29 Å². The zero-order valence-electron chi connectivity index (χ0n) is 3.72. The Labute approximate surface area is 41.2 Å². The van der Waals surface area contributed by atoms with Crippen molar-refractivity contribution in [1.82, 2.24) is 0 Å². The summed E-state index contributed by atoms with van der Waals surface area (Å²) in [6, 6.07) is 0. The van der Waals surface area contributed by atoms with E-state index in [1.807, 2.05) is 0 Å². The van der Waals surface area contributed by atoms with Gasteiger partial charge in [0, 0.05) is 6.92 Å². The molecule has 1 aliphatic rings. The SMILES string of the molecule is [CH2]C1OCC(=O)O1. The van der Waals surface area contributed by atoms with Crippen LogP contribution in [0, 0.1) is 6.92 Å². The summed E-state index contributed by atoms with van der Waals surface area (Å²) in [5, 5.41) is 0. The van der Waals surface area contributed by atoms with E-state index in [0.717, 1.165) is 0 Å². The third-order valence-corrected chi connectivity index (χ3v) is 0.650. The summed E-state index contributed by atoms with van der Waals surface area (Å²) in [6.07, 6.45) is -0.576. The van der Waals surface area contributed by atoms with Crippen molar-refractivity contribution in [2.75, 3.05) is 6.61 Å². The van der Waals surface area contributed by atoms with Crippen LogP contribution in [0.3, 0.4) is 0 Å². The van der Waals surface area contributed by atoms with Crippen molar-refractivity contribution in [3.05, 3.63) is 6.92 Å². The summed E-state index contributed by atoms with van der Waals surface area (Å²) in [6.45, 7) is 3.37. The van der Waals surface area contributed by atoms with Crippen LogP contribution in [-0.4, -0.2) is 18.9 Å². The van der Waals surface area contributed by atoms with E-state index in [0.29, 0.717) is 0 Å². The lowest BCUT2D eigenvalue weighted by Gasteiger charge is -1.94. The Morgan fingerprint density at radius 3 is 2.71 bits per heavy atom. The number of rotatable bonds is 0. The maximum Gasteiger partial charge on any atom is 0.334 e. The van der Waals surface area contributed by atoms with Crippen molar-refractivity contribution < 1.29 is 14.3 Å². The molecule has 1 rings (SSSR count). The summed E-state index contributed by atoms with van der Waals surface area (Å²) < 4.78 is 8.97. The van der Waals surface area contributed by atoms with Gasteiger partial charge in [-0.15, -0.1) is 0 Å². The number of cyclic esters (lactones) is 1. The first-order chi connectivity index (χ1) is 3.29. The largest absolute Gasteiger partial charge is 0.434 e. The second-order valence-corrected chi connectivity index (χ2v) is 1.23. The predicted molar refractivity (Wildman–Crippen MR) is 21.2 cm³/mol. The number of carbonyl (C=O) groups is 1. The molecule has 0 aromatic carbocycles. The molecule has 0 aliphatic carbocycles. The quantitative estimate of drug-likeness (QED) is 0.394. The van der Waals surface area contributed by atoms with Crippen LogP contribution in [0.25, 0.3) is 0 Å². The average molecular weight is 101 g/mol. The van der Waals surface area contributed by atoms with Gasteiger partial charge in [0.1, 0.15) is 6.61 Å². The molecule has 39 valence electrons. The van der Waals surface area contributed by atoms with Crippen LogP contribution in [0.5, 0.6) is 0 Å². The molecule has 0 amide bonds. The molecule has 0 spiro atoms. The van der Waals surface area contributed by atoms with Crippen LogP contribution in [0.4, 0.5) is 0 Å². The molecule has 1 atom stereocenters. The number of ether oxygens (including phenoxy) is 2. The molecule has 0 bridgehead atoms. The van der Waals surface area contributed by atoms with Crippen molar-refractivity contribution >= 4 is 5.97 Å². The predicted octanol–water partition coefficient (Wildman–Crippen LogP) is -0.280. The summed E-state index contributed by atoms with van der Waals surface area (Å²) in [7, 11) is 0. The fourth-order valence-electron chi connectivity index (χ4n) is 0.376. The van der Waals surface area contributed by atoms with E-state index in [-0.39, 0.29) is 12.6 Å². The molecule has 0 aromatic rings. The van der Waals surface area contributed by atoms with Gasteiger partial charge in [-0.25, -0.2) is 4.79 Å². The van der Waals surface area contributed by atoms with E-state index in [2.05, 4.69) is 16.4 Å². The first-order valence-electron chi connectivity index (χ1n) is 1.93. The number of esters is 1. The van der Waals surface area contributed by atoms with E-state index >= 15 is 0 Å². The van der Waals surface area contributed by atoms with Crippen molar-refractivity contribution in [2.45, 2.75) is 6.29 Å². The highest BCUT2D eigenvalue weighted by molar-refractivity contribution is 5.72. The number of carbonyl (C=O) groups excluding carboxylic acids is 1. The van der Waals surface area contributed by atoms with E-state index in [9.17, 15) is 4.79 Å². The highest BCUT2D eigenvalue weighted by Gasteiger charge is 2.18. The zero-order chi connectivity index (χ0) is 5.28. The average Bonchev–Trinajstić information content (AvgIpc) is 1.87. The van der Waals surface area contributed by atoms with Gasteiger partial charge >= 0.3 is 5.97 Å². The number of hydrogen-bond acceptors (Lipinski definition) is 3. The molecule has 0 saturated carbocycles. The zero-order valence-corrected chi connectivity index (χ0v) is 3.72. The smallest absolute Gasteiger partial charge is 0.334 e. The Hall–Kier alpha value is -0.570. The second-order valence-electron chi connectivity index (χ2n) is 1.23. The highest BCUT2D eigenvalue weighted by atomic mass is 16.7. The molecule has 0 aromatic heterocycles. The van der Waals surface area contributed by atoms with Gasteiger partial charge in [0.25, 0.3) is 0 Å². The fraction of sp³-hybridized carbons (Fsp3) is 0.500. The van der Waals surface area contributed by atoms with Gasteiger partial charge in [-0.3, -0.25) is 0 Å². The van der Waals surface area contributed by atoms with Crippen LogP contribution in [0.1, 0.15) is 0 Å². The minimum absolute atomic E-state index is 0.0498. The molecule has 1 heterocycles. The third kappa shape index (κ3) is 0.899.